The predicted octanol–water partition coefficient (Wildman–Crippen LogP) is 2.96. The number of benzene rings is 1. The summed E-state index contributed by atoms with van der Waals surface area (Å²) in [6.45, 7) is 1.89. The van der Waals surface area contributed by atoms with Crippen molar-refractivity contribution >= 4 is 22.9 Å². The molecule has 0 aliphatic carbocycles. The lowest BCUT2D eigenvalue weighted by Crippen LogP contribution is -2.26. The standard InChI is InChI=1S/C13H13FN2OS/c1-8(12-3-2-6-18-12)16-13(17)9-4-5-11(15)10(14)7-9/h2-8H,15H2,1H3,(H,16,17). The third kappa shape index (κ3) is 2.68. The van der Waals surface area contributed by atoms with Gasteiger partial charge in [0, 0.05) is 10.4 Å². The van der Waals surface area contributed by atoms with Crippen LogP contribution in [0, 0.1) is 5.82 Å². The first-order valence-corrected chi connectivity index (χ1v) is 6.35. The van der Waals surface area contributed by atoms with Crippen LogP contribution in [-0.2, 0) is 0 Å². The second-order valence-corrected chi connectivity index (χ2v) is 4.93. The topological polar surface area (TPSA) is 55.1 Å². The van der Waals surface area contributed by atoms with E-state index in [1.54, 1.807) is 11.3 Å². The number of amides is 1. The summed E-state index contributed by atoms with van der Waals surface area (Å²) in [4.78, 5) is 13.0. The van der Waals surface area contributed by atoms with Gasteiger partial charge in [-0.1, -0.05) is 6.07 Å². The summed E-state index contributed by atoms with van der Waals surface area (Å²) in [5.41, 5.74) is 5.67. The molecule has 18 heavy (non-hydrogen) atoms. The molecule has 1 aromatic heterocycles. The predicted molar refractivity (Wildman–Crippen MR) is 71.0 cm³/mol. The van der Waals surface area contributed by atoms with E-state index in [1.165, 1.54) is 12.1 Å². The van der Waals surface area contributed by atoms with Crippen LogP contribution < -0.4 is 11.1 Å². The van der Waals surface area contributed by atoms with Gasteiger partial charge in [-0.3, -0.25) is 4.79 Å². The van der Waals surface area contributed by atoms with E-state index in [4.69, 9.17) is 5.73 Å². The maximum atomic E-state index is 13.2. The van der Waals surface area contributed by atoms with E-state index < -0.39 is 5.82 Å². The molecule has 0 fully saturated rings. The lowest BCUT2D eigenvalue weighted by molar-refractivity contribution is 0.0940. The zero-order valence-corrected chi connectivity index (χ0v) is 10.6. The highest BCUT2D eigenvalue weighted by Crippen LogP contribution is 2.19. The highest BCUT2D eigenvalue weighted by molar-refractivity contribution is 7.10. The van der Waals surface area contributed by atoms with E-state index >= 15 is 0 Å². The Kier molecular flexibility index (Phi) is 3.62. The smallest absolute Gasteiger partial charge is 0.251 e. The Labute approximate surface area is 108 Å². The highest BCUT2D eigenvalue weighted by atomic mass is 32.1. The molecule has 3 N–H and O–H groups in total. The van der Waals surface area contributed by atoms with E-state index in [0.717, 1.165) is 10.9 Å². The molecular weight excluding hydrogens is 251 g/mol. The summed E-state index contributed by atoms with van der Waals surface area (Å²) in [6.07, 6.45) is 0. The largest absolute Gasteiger partial charge is 0.396 e. The second-order valence-electron chi connectivity index (χ2n) is 3.95. The fraction of sp³-hybridized carbons (Fsp3) is 0.154. The first kappa shape index (κ1) is 12.6. The molecular formula is C13H13FN2OS. The van der Waals surface area contributed by atoms with Crippen LogP contribution in [0.4, 0.5) is 10.1 Å². The van der Waals surface area contributed by atoms with Crippen LogP contribution in [0.25, 0.3) is 0 Å². The van der Waals surface area contributed by atoms with Crippen LogP contribution in [0.2, 0.25) is 0 Å². The van der Waals surface area contributed by atoms with Crippen LogP contribution in [0.1, 0.15) is 28.2 Å². The number of rotatable bonds is 3. The molecule has 1 amide bonds. The Balaban J connectivity index is 2.10. The minimum atomic E-state index is -0.577. The number of nitrogens with one attached hydrogen (secondary N) is 1. The number of hydrogen-bond acceptors (Lipinski definition) is 3. The molecule has 0 bridgehead atoms. The van der Waals surface area contributed by atoms with E-state index in [1.807, 2.05) is 24.4 Å². The number of carbonyl (C=O) groups is 1. The van der Waals surface area contributed by atoms with E-state index in [9.17, 15) is 9.18 Å². The highest BCUT2D eigenvalue weighted by Gasteiger charge is 2.13. The zero-order chi connectivity index (χ0) is 13.1. The number of nitrogen functional groups attached to an aromatic ring is 1. The maximum Gasteiger partial charge on any atom is 0.251 e. The summed E-state index contributed by atoms with van der Waals surface area (Å²) < 4.78 is 13.2. The van der Waals surface area contributed by atoms with Gasteiger partial charge in [0.25, 0.3) is 5.91 Å². The average Bonchev–Trinajstić information content (AvgIpc) is 2.86. The summed E-state index contributed by atoms with van der Waals surface area (Å²) in [6, 6.07) is 7.81. The van der Waals surface area contributed by atoms with Gasteiger partial charge in [-0.25, -0.2) is 4.39 Å². The number of nitrogens with two attached hydrogens (primary N) is 1. The molecule has 2 aromatic rings. The van der Waals surface area contributed by atoms with E-state index in [2.05, 4.69) is 5.32 Å². The molecule has 0 radical (unpaired) electrons. The van der Waals surface area contributed by atoms with Crippen molar-refractivity contribution in [1.82, 2.24) is 5.32 Å². The fourth-order valence-electron chi connectivity index (χ4n) is 1.56. The molecule has 0 saturated heterocycles. The Morgan fingerprint density at radius 3 is 2.83 bits per heavy atom. The quantitative estimate of drug-likeness (QED) is 0.837. The summed E-state index contributed by atoms with van der Waals surface area (Å²) in [7, 11) is 0. The van der Waals surface area contributed by atoms with Gasteiger partial charge in [-0.2, -0.15) is 0 Å². The fourth-order valence-corrected chi connectivity index (χ4v) is 2.29. The van der Waals surface area contributed by atoms with Crippen LogP contribution >= 0.6 is 11.3 Å². The molecule has 1 atom stereocenters. The maximum absolute atomic E-state index is 13.2. The molecule has 0 aliphatic heterocycles. The monoisotopic (exact) mass is 264 g/mol. The Morgan fingerprint density at radius 1 is 1.44 bits per heavy atom. The number of hydrogen-bond donors (Lipinski definition) is 2. The van der Waals surface area contributed by atoms with Crippen LogP contribution in [0.15, 0.2) is 35.7 Å². The lowest BCUT2D eigenvalue weighted by atomic mass is 10.1. The van der Waals surface area contributed by atoms with Gasteiger partial charge in [0.05, 0.1) is 11.7 Å². The molecule has 0 aliphatic rings. The van der Waals surface area contributed by atoms with Crippen molar-refractivity contribution in [2.24, 2.45) is 0 Å². The van der Waals surface area contributed by atoms with Crippen LogP contribution in [0.5, 0.6) is 0 Å². The Hall–Kier alpha value is -1.88. The lowest BCUT2D eigenvalue weighted by Gasteiger charge is -2.12. The minimum Gasteiger partial charge on any atom is -0.396 e. The first-order chi connectivity index (χ1) is 8.58. The molecule has 1 heterocycles. The van der Waals surface area contributed by atoms with Crippen LogP contribution in [-0.4, -0.2) is 5.91 Å². The molecule has 0 saturated carbocycles. The van der Waals surface area contributed by atoms with Gasteiger partial charge in [0.2, 0.25) is 0 Å². The average molecular weight is 264 g/mol. The van der Waals surface area contributed by atoms with Crippen LogP contribution in [0.3, 0.4) is 0 Å². The molecule has 2 rings (SSSR count). The van der Waals surface area contributed by atoms with Gasteiger partial charge in [0.15, 0.2) is 0 Å². The molecule has 5 heteroatoms. The van der Waals surface area contributed by atoms with Gasteiger partial charge >= 0.3 is 0 Å². The summed E-state index contributed by atoms with van der Waals surface area (Å²) in [5.74, 6) is -0.888. The molecule has 0 spiro atoms. The van der Waals surface area contributed by atoms with Crippen molar-refractivity contribution in [3.05, 3.63) is 52.0 Å². The Bertz CT molecular complexity index is 554. The Morgan fingerprint density at radius 2 is 2.22 bits per heavy atom. The normalized spacial score (nSPS) is 12.1. The van der Waals surface area contributed by atoms with E-state index in [0.29, 0.717) is 0 Å². The minimum absolute atomic E-state index is 0.0397. The SMILES string of the molecule is CC(NC(=O)c1ccc(N)c(F)c1)c1cccs1. The van der Waals surface area contributed by atoms with Gasteiger partial charge in [0.1, 0.15) is 5.82 Å². The molecule has 94 valence electrons. The van der Waals surface area contributed by atoms with Gasteiger partial charge in [-0.15, -0.1) is 11.3 Å². The molecule has 1 aromatic carbocycles. The van der Waals surface area contributed by atoms with Crippen molar-refractivity contribution in [3.63, 3.8) is 0 Å². The summed E-state index contributed by atoms with van der Waals surface area (Å²) >= 11 is 1.57. The first-order valence-electron chi connectivity index (χ1n) is 5.47. The molecule has 1 unspecified atom stereocenters. The number of thiophene rings is 1. The zero-order valence-electron chi connectivity index (χ0n) is 9.81. The third-order valence-corrected chi connectivity index (χ3v) is 3.64. The molecule has 3 nitrogen and oxygen atoms in total. The number of carbonyl (C=O) groups excluding carboxylic acids is 1. The number of halogens is 1. The summed E-state index contributed by atoms with van der Waals surface area (Å²) in [5, 5.41) is 4.75. The van der Waals surface area contributed by atoms with Gasteiger partial charge in [-0.05, 0) is 36.6 Å². The second kappa shape index (κ2) is 5.18. The van der Waals surface area contributed by atoms with E-state index in [-0.39, 0.29) is 23.2 Å². The van der Waals surface area contributed by atoms with Crippen molar-refractivity contribution in [1.29, 1.82) is 0 Å². The third-order valence-electron chi connectivity index (χ3n) is 2.58. The van der Waals surface area contributed by atoms with Crippen molar-refractivity contribution < 1.29 is 9.18 Å². The van der Waals surface area contributed by atoms with Crippen molar-refractivity contribution in [2.45, 2.75) is 13.0 Å². The number of anilines is 1. The van der Waals surface area contributed by atoms with Crippen molar-refractivity contribution in [2.75, 3.05) is 5.73 Å². The van der Waals surface area contributed by atoms with Crippen molar-refractivity contribution in [3.8, 4) is 0 Å². The van der Waals surface area contributed by atoms with Gasteiger partial charge < -0.3 is 11.1 Å².